The van der Waals surface area contributed by atoms with Gasteiger partial charge in [-0.15, -0.1) is 0 Å². The maximum Gasteiger partial charge on any atom is 0.0441 e. The molecular weight excluding hydrogens is 272 g/mol. The Morgan fingerprint density at radius 2 is 1.93 bits per heavy atom. The van der Waals surface area contributed by atoms with Gasteiger partial charge in [-0.05, 0) is 60.9 Å². The van der Waals surface area contributed by atoms with Crippen LogP contribution in [0.25, 0.3) is 0 Å². The van der Waals surface area contributed by atoms with Gasteiger partial charge in [0, 0.05) is 9.85 Å². The number of alkyl halides is 1. The Morgan fingerprint density at radius 1 is 1.27 bits per heavy atom. The van der Waals surface area contributed by atoms with E-state index >= 15 is 0 Å². The molecule has 0 saturated carbocycles. The molecule has 0 aliphatic heterocycles. The normalized spacial score (nSPS) is 25.1. The second-order valence-electron chi connectivity index (χ2n) is 4.57. The largest absolute Gasteiger partial charge is 0.0840 e. The average molecular weight is 288 g/mol. The third-order valence-corrected chi connectivity index (χ3v) is 4.79. The topological polar surface area (TPSA) is 0 Å². The van der Waals surface area contributed by atoms with Gasteiger partial charge in [0.05, 0.1) is 0 Å². The van der Waals surface area contributed by atoms with Crippen molar-refractivity contribution in [3.8, 4) is 0 Å². The monoisotopic (exact) mass is 286 g/mol. The van der Waals surface area contributed by atoms with E-state index in [2.05, 4.69) is 42.8 Å². The van der Waals surface area contributed by atoms with Crippen LogP contribution in [0, 0.1) is 13.8 Å². The van der Waals surface area contributed by atoms with Gasteiger partial charge in [-0.3, -0.25) is 0 Å². The highest BCUT2D eigenvalue weighted by Gasteiger charge is 2.27. The molecule has 0 radical (unpaired) electrons. The fourth-order valence-electron chi connectivity index (χ4n) is 2.66. The summed E-state index contributed by atoms with van der Waals surface area (Å²) in [6.45, 7) is 6.62. The zero-order valence-corrected chi connectivity index (χ0v) is 11.7. The molecule has 2 atom stereocenters. The van der Waals surface area contributed by atoms with E-state index in [1.165, 1.54) is 35.1 Å². The first-order valence-electron chi connectivity index (χ1n) is 5.46. The second kappa shape index (κ2) is 4.10. The maximum atomic E-state index is 6.24. The van der Waals surface area contributed by atoms with Crippen LogP contribution in [0.4, 0.5) is 0 Å². The lowest BCUT2D eigenvalue weighted by atomic mass is 9.79. The van der Waals surface area contributed by atoms with Crippen molar-refractivity contribution in [1.82, 2.24) is 0 Å². The zero-order chi connectivity index (χ0) is 11.2. The number of hydrogen-bond donors (Lipinski definition) is 0. The minimum absolute atomic E-state index is 0.487. The molecule has 0 fully saturated rings. The molecule has 0 heterocycles. The molecule has 82 valence electrons. The van der Waals surface area contributed by atoms with Gasteiger partial charge in [0.2, 0.25) is 0 Å². The number of aryl methyl sites for hydroxylation is 1. The van der Waals surface area contributed by atoms with E-state index in [4.69, 9.17) is 11.6 Å². The van der Waals surface area contributed by atoms with Crippen molar-refractivity contribution < 1.29 is 0 Å². The first-order valence-corrected chi connectivity index (χ1v) is 6.75. The summed E-state index contributed by atoms with van der Waals surface area (Å²) in [7, 11) is 0. The van der Waals surface area contributed by atoms with E-state index in [1.54, 1.807) is 0 Å². The predicted molar refractivity (Wildman–Crippen MR) is 70.2 cm³/mol. The van der Waals surface area contributed by atoms with Crippen LogP contribution in [0.2, 0.25) is 5.02 Å². The van der Waals surface area contributed by atoms with Crippen LogP contribution >= 0.6 is 27.5 Å². The number of fused-ring (bicyclic) bond motifs is 1. The summed E-state index contributed by atoms with van der Waals surface area (Å²) < 4.78 is 0. The van der Waals surface area contributed by atoms with Gasteiger partial charge in [-0.1, -0.05) is 34.5 Å². The molecule has 0 saturated heterocycles. The maximum absolute atomic E-state index is 6.24. The molecule has 1 aromatic rings. The lowest BCUT2D eigenvalue weighted by Gasteiger charge is -2.30. The summed E-state index contributed by atoms with van der Waals surface area (Å²) in [4.78, 5) is 0.487. The summed E-state index contributed by atoms with van der Waals surface area (Å²) in [5, 5.41) is 0.907. The molecule has 0 nitrogen and oxygen atoms in total. The smallest absolute Gasteiger partial charge is 0.0441 e. The van der Waals surface area contributed by atoms with Crippen molar-refractivity contribution in [3.63, 3.8) is 0 Å². The van der Waals surface area contributed by atoms with Crippen molar-refractivity contribution in [1.29, 1.82) is 0 Å². The van der Waals surface area contributed by atoms with E-state index < -0.39 is 0 Å². The van der Waals surface area contributed by atoms with Gasteiger partial charge < -0.3 is 0 Å². The summed E-state index contributed by atoms with van der Waals surface area (Å²) in [5.74, 6) is 0.671. The SMILES string of the molecule is Cc1cc(Cl)c(C)c2c1C(C)CCC2Br. The molecule has 1 aliphatic rings. The van der Waals surface area contributed by atoms with Crippen LogP contribution in [0.15, 0.2) is 6.07 Å². The van der Waals surface area contributed by atoms with Crippen LogP contribution in [0.3, 0.4) is 0 Å². The van der Waals surface area contributed by atoms with Crippen molar-refractivity contribution in [2.75, 3.05) is 0 Å². The Balaban J connectivity index is 2.71. The summed E-state index contributed by atoms with van der Waals surface area (Å²) in [5.41, 5.74) is 5.56. The lowest BCUT2D eigenvalue weighted by Crippen LogP contribution is -2.13. The highest BCUT2D eigenvalue weighted by molar-refractivity contribution is 9.09. The van der Waals surface area contributed by atoms with E-state index in [1.807, 2.05) is 0 Å². The molecule has 2 unspecified atom stereocenters. The summed E-state index contributed by atoms with van der Waals surface area (Å²) in [6.07, 6.45) is 2.49. The number of halogens is 2. The molecule has 0 amide bonds. The zero-order valence-electron chi connectivity index (χ0n) is 9.40. The molecule has 0 N–H and O–H groups in total. The molecule has 2 heteroatoms. The van der Waals surface area contributed by atoms with E-state index in [-0.39, 0.29) is 0 Å². The van der Waals surface area contributed by atoms with Crippen LogP contribution in [0.5, 0.6) is 0 Å². The van der Waals surface area contributed by atoms with Gasteiger partial charge in [0.25, 0.3) is 0 Å². The molecular formula is C13H16BrCl. The van der Waals surface area contributed by atoms with Crippen LogP contribution in [-0.2, 0) is 0 Å². The third-order valence-electron chi connectivity index (χ3n) is 3.48. The first kappa shape index (κ1) is 11.5. The second-order valence-corrected chi connectivity index (χ2v) is 6.09. The quantitative estimate of drug-likeness (QED) is 0.569. The van der Waals surface area contributed by atoms with Gasteiger partial charge in [-0.2, -0.15) is 0 Å². The number of rotatable bonds is 0. The highest BCUT2D eigenvalue weighted by Crippen LogP contribution is 2.46. The van der Waals surface area contributed by atoms with Crippen molar-refractivity contribution in [2.45, 2.75) is 44.4 Å². The fraction of sp³-hybridized carbons (Fsp3) is 0.538. The van der Waals surface area contributed by atoms with E-state index in [0.717, 1.165) is 5.02 Å². The number of benzene rings is 1. The van der Waals surface area contributed by atoms with Crippen molar-refractivity contribution >= 4 is 27.5 Å². The Morgan fingerprint density at radius 3 is 2.60 bits per heavy atom. The Labute approximate surface area is 105 Å². The minimum atomic E-state index is 0.487. The van der Waals surface area contributed by atoms with Crippen LogP contribution in [0.1, 0.15) is 52.8 Å². The molecule has 2 rings (SSSR count). The van der Waals surface area contributed by atoms with Crippen molar-refractivity contribution in [3.05, 3.63) is 33.3 Å². The number of hydrogen-bond acceptors (Lipinski definition) is 0. The fourth-order valence-corrected chi connectivity index (χ4v) is 3.78. The highest BCUT2D eigenvalue weighted by atomic mass is 79.9. The molecule has 15 heavy (non-hydrogen) atoms. The van der Waals surface area contributed by atoms with Gasteiger partial charge in [0.1, 0.15) is 0 Å². The van der Waals surface area contributed by atoms with Crippen LogP contribution < -0.4 is 0 Å². The summed E-state index contributed by atoms with van der Waals surface area (Å²) >= 11 is 10.0. The van der Waals surface area contributed by atoms with Gasteiger partial charge in [-0.25, -0.2) is 0 Å². The molecule has 0 spiro atoms. The summed E-state index contributed by atoms with van der Waals surface area (Å²) in [6, 6.07) is 2.11. The van der Waals surface area contributed by atoms with Gasteiger partial charge in [0.15, 0.2) is 0 Å². The Hall–Kier alpha value is -0.0100. The standard InChI is InChI=1S/C13H16BrCl/c1-7-4-5-10(14)13-9(3)11(15)6-8(2)12(7)13/h6-7,10H,4-5H2,1-3H3. The molecule has 1 aromatic carbocycles. The average Bonchev–Trinajstić information content (AvgIpc) is 2.18. The van der Waals surface area contributed by atoms with Gasteiger partial charge >= 0.3 is 0 Å². The van der Waals surface area contributed by atoms with Crippen molar-refractivity contribution in [2.24, 2.45) is 0 Å². The lowest BCUT2D eigenvalue weighted by molar-refractivity contribution is 0.582. The van der Waals surface area contributed by atoms with Crippen LogP contribution in [-0.4, -0.2) is 0 Å². The predicted octanol–water partition coefficient (Wildman–Crippen LogP) is 5.29. The molecule has 1 aliphatic carbocycles. The minimum Gasteiger partial charge on any atom is -0.0840 e. The Kier molecular flexibility index (Phi) is 3.14. The van der Waals surface area contributed by atoms with E-state index in [9.17, 15) is 0 Å². The Bertz CT molecular complexity index is 398. The first-order chi connectivity index (χ1) is 7.02. The van der Waals surface area contributed by atoms with E-state index in [0.29, 0.717) is 10.7 Å². The molecule has 0 bridgehead atoms. The third kappa shape index (κ3) is 1.85. The molecule has 0 aromatic heterocycles.